The van der Waals surface area contributed by atoms with E-state index in [1.54, 1.807) is 0 Å². The first kappa shape index (κ1) is 13.2. The van der Waals surface area contributed by atoms with Crippen LogP contribution in [0.1, 0.15) is 39.5 Å². The topological polar surface area (TPSA) is 32.3 Å². The number of nitrogens with one attached hydrogen (secondary N) is 1. The molecule has 17 heavy (non-hydrogen) atoms. The zero-order valence-corrected chi connectivity index (χ0v) is 11.8. The van der Waals surface area contributed by atoms with Crippen molar-refractivity contribution in [3.05, 3.63) is 0 Å². The minimum Gasteiger partial charge on any atom is -0.341 e. The van der Waals surface area contributed by atoms with E-state index in [4.69, 9.17) is 0 Å². The highest BCUT2D eigenvalue weighted by atomic mass is 32.2. The van der Waals surface area contributed by atoms with Gasteiger partial charge in [-0.2, -0.15) is 0 Å². The summed E-state index contributed by atoms with van der Waals surface area (Å²) in [6, 6.07) is 0.0794. The Morgan fingerprint density at radius 3 is 2.47 bits per heavy atom. The molecule has 0 aromatic rings. The number of piperidine rings is 1. The van der Waals surface area contributed by atoms with Crippen molar-refractivity contribution in [3.63, 3.8) is 0 Å². The molecule has 0 radical (unpaired) electrons. The normalized spacial score (nSPS) is 28.4. The van der Waals surface area contributed by atoms with E-state index >= 15 is 0 Å². The monoisotopic (exact) mass is 256 g/mol. The van der Waals surface area contributed by atoms with Crippen molar-refractivity contribution in [1.82, 2.24) is 10.2 Å². The standard InChI is InChI=1S/C13H24N2OS/c1-3-13(4-2)5-7-15(8-6-13)12(16)11-9-17-10-14-11/h11,14H,3-10H2,1-2H3. The van der Waals surface area contributed by atoms with Crippen LogP contribution in [0.5, 0.6) is 0 Å². The number of likely N-dealkylation sites (tertiary alicyclic amines) is 1. The van der Waals surface area contributed by atoms with Crippen LogP contribution in [-0.2, 0) is 4.79 Å². The van der Waals surface area contributed by atoms with Gasteiger partial charge in [-0.1, -0.05) is 26.7 Å². The number of thioether (sulfide) groups is 1. The fourth-order valence-electron chi connectivity index (χ4n) is 2.93. The molecular weight excluding hydrogens is 232 g/mol. The van der Waals surface area contributed by atoms with Crippen LogP contribution >= 0.6 is 11.8 Å². The molecule has 2 aliphatic rings. The molecular formula is C13H24N2OS. The van der Waals surface area contributed by atoms with Crippen molar-refractivity contribution in [3.8, 4) is 0 Å². The van der Waals surface area contributed by atoms with Crippen molar-refractivity contribution in [1.29, 1.82) is 0 Å². The Labute approximate surface area is 109 Å². The Morgan fingerprint density at radius 1 is 1.35 bits per heavy atom. The fraction of sp³-hybridized carbons (Fsp3) is 0.923. The third kappa shape index (κ3) is 2.79. The minimum absolute atomic E-state index is 0.0794. The maximum Gasteiger partial charge on any atom is 0.240 e. The Hall–Kier alpha value is -0.220. The average Bonchev–Trinajstić information content (AvgIpc) is 2.92. The van der Waals surface area contributed by atoms with Gasteiger partial charge in [0, 0.05) is 24.7 Å². The molecule has 2 rings (SSSR count). The van der Waals surface area contributed by atoms with Crippen molar-refractivity contribution in [2.75, 3.05) is 24.7 Å². The first-order chi connectivity index (χ1) is 8.21. The summed E-state index contributed by atoms with van der Waals surface area (Å²) in [5, 5.41) is 3.27. The lowest BCUT2D eigenvalue weighted by Gasteiger charge is -2.41. The van der Waals surface area contributed by atoms with E-state index in [0.717, 1.165) is 24.7 Å². The maximum absolute atomic E-state index is 12.2. The maximum atomic E-state index is 12.2. The van der Waals surface area contributed by atoms with Crippen molar-refractivity contribution >= 4 is 17.7 Å². The first-order valence-electron chi connectivity index (χ1n) is 6.81. The highest BCUT2D eigenvalue weighted by Crippen LogP contribution is 2.38. The molecule has 98 valence electrons. The van der Waals surface area contributed by atoms with E-state index < -0.39 is 0 Å². The van der Waals surface area contributed by atoms with Gasteiger partial charge in [-0.3, -0.25) is 10.1 Å². The molecule has 2 saturated heterocycles. The molecule has 0 aliphatic carbocycles. The third-order valence-corrected chi connectivity index (χ3v) is 5.59. The summed E-state index contributed by atoms with van der Waals surface area (Å²) in [6.07, 6.45) is 4.88. The average molecular weight is 256 g/mol. The van der Waals surface area contributed by atoms with Crippen LogP contribution in [0.15, 0.2) is 0 Å². The molecule has 2 heterocycles. The van der Waals surface area contributed by atoms with Gasteiger partial charge in [0.05, 0.1) is 6.04 Å². The second-order valence-electron chi connectivity index (χ2n) is 5.30. The lowest BCUT2D eigenvalue weighted by atomic mass is 9.74. The zero-order chi connectivity index (χ0) is 12.3. The number of nitrogens with zero attached hydrogens (tertiary/aromatic N) is 1. The van der Waals surface area contributed by atoms with Gasteiger partial charge in [0.15, 0.2) is 0 Å². The Balaban J connectivity index is 1.87. The van der Waals surface area contributed by atoms with Gasteiger partial charge in [-0.15, -0.1) is 11.8 Å². The number of hydrogen-bond acceptors (Lipinski definition) is 3. The Kier molecular flexibility index (Phi) is 4.36. The van der Waals surface area contributed by atoms with E-state index in [2.05, 4.69) is 24.1 Å². The highest BCUT2D eigenvalue weighted by Gasteiger charge is 2.35. The molecule has 1 amide bonds. The van der Waals surface area contributed by atoms with Gasteiger partial charge in [0.25, 0.3) is 0 Å². The van der Waals surface area contributed by atoms with E-state index in [1.165, 1.54) is 25.7 Å². The zero-order valence-electron chi connectivity index (χ0n) is 11.0. The van der Waals surface area contributed by atoms with Crippen LogP contribution in [0.3, 0.4) is 0 Å². The Bertz CT molecular complexity index is 263. The molecule has 1 unspecified atom stereocenters. The fourth-order valence-corrected chi connectivity index (χ4v) is 3.87. The molecule has 0 saturated carbocycles. The SMILES string of the molecule is CCC1(CC)CCN(C(=O)C2CSCN2)CC1. The van der Waals surface area contributed by atoms with Gasteiger partial charge in [-0.25, -0.2) is 0 Å². The van der Waals surface area contributed by atoms with Crippen LogP contribution < -0.4 is 5.32 Å². The smallest absolute Gasteiger partial charge is 0.240 e. The van der Waals surface area contributed by atoms with Crippen LogP contribution in [0, 0.1) is 5.41 Å². The summed E-state index contributed by atoms with van der Waals surface area (Å²) in [6.45, 7) is 6.50. The van der Waals surface area contributed by atoms with Gasteiger partial charge in [0.1, 0.15) is 0 Å². The van der Waals surface area contributed by atoms with Crippen LogP contribution in [-0.4, -0.2) is 41.6 Å². The van der Waals surface area contributed by atoms with E-state index in [1.807, 2.05) is 11.8 Å². The predicted molar refractivity (Wildman–Crippen MR) is 73.1 cm³/mol. The van der Waals surface area contributed by atoms with Gasteiger partial charge >= 0.3 is 0 Å². The summed E-state index contributed by atoms with van der Waals surface area (Å²) >= 11 is 1.82. The lowest BCUT2D eigenvalue weighted by molar-refractivity contribution is -0.135. The van der Waals surface area contributed by atoms with Crippen molar-refractivity contribution < 1.29 is 4.79 Å². The molecule has 3 nitrogen and oxygen atoms in total. The van der Waals surface area contributed by atoms with Crippen molar-refractivity contribution in [2.45, 2.75) is 45.6 Å². The Morgan fingerprint density at radius 2 is 2.00 bits per heavy atom. The highest BCUT2D eigenvalue weighted by molar-refractivity contribution is 7.99. The van der Waals surface area contributed by atoms with Gasteiger partial charge in [0.2, 0.25) is 5.91 Å². The van der Waals surface area contributed by atoms with Gasteiger partial charge in [-0.05, 0) is 18.3 Å². The number of hydrogen-bond donors (Lipinski definition) is 1. The summed E-state index contributed by atoms with van der Waals surface area (Å²) in [5.41, 5.74) is 0.509. The molecule has 1 N–H and O–H groups in total. The number of carbonyl (C=O) groups excluding carboxylic acids is 1. The molecule has 0 aromatic heterocycles. The molecule has 0 bridgehead atoms. The van der Waals surface area contributed by atoms with Crippen LogP contribution in [0.2, 0.25) is 0 Å². The summed E-state index contributed by atoms with van der Waals surface area (Å²) in [5.74, 6) is 2.20. The molecule has 4 heteroatoms. The predicted octanol–water partition coefficient (Wildman–Crippen LogP) is 2.08. The third-order valence-electron chi connectivity index (χ3n) is 4.65. The number of amides is 1. The van der Waals surface area contributed by atoms with E-state index in [0.29, 0.717) is 11.3 Å². The second kappa shape index (κ2) is 5.61. The minimum atomic E-state index is 0.0794. The first-order valence-corrected chi connectivity index (χ1v) is 7.96. The quantitative estimate of drug-likeness (QED) is 0.839. The van der Waals surface area contributed by atoms with Crippen LogP contribution in [0.4, 0.5) is 0 Å². The second-order valence-corrected chi connectivity index (χ2v) is 6.33. The summed E-state index contributed by atoms with van der Waals surface area (Å²) < 4.78 is 0. The molecule has 0 aromatic carbocycles. The largest absolute Gasteiger partial charge is 0.341 e. The molecule has 1 atom stereocenters. The molecule has 2 fully saturated rings. The van der Waals surface area contributed by atoms with E-state index in [9.17, 15) is 4.79 Å². The molecule has 0 spiro atoms. The van der Waals surface area contributed by atoms with Gasteiger partial charge < -0.3 is 4.90 Å². The van der Waals surface area contributed by atoms with Crippen molar-refractivity contribution in [2.24, 2.45) is 5.41 Å². The van der Waals surface area contributed by atoms with Crippen LogP contribution in [0.25, 0.3) is 0 Å². The molecule has 2 aliphatic heterocycles. The summed E-state index contributed by atoms with van der Waals surface area (Å²) in [7, 11) is 0. The summed E-state index contributed by atoms with van der Waals surface area (Å²) in [4.78, 5) is 14.3. The number of rotatable bonds is 3. The lowest BCUT2D eigenvalue weighted by Crippen LogP contribution is -2.49. The number of carbonyl (C=O) groups is 1. The van der Waals surface area contributed by atoms with E-state index in [-0.39, 0.29) is 6.04 Å².